The number of nitrogens with one attached hydrogen (secondary N) is 3. The van der Waals surface area contributed by atoms with Crippen LogP contribution in [0.1, 0.15) is 29.9 Å². The van der Waals surface area contributed by atoms with Gasteiger partial charge in [-0.25, -0.2) is 4.79 Å². The molecule has 37 heavy (non-hydrogen) atoms. The summed E-state index contributed by atoms with van der Waals surface area (Å²) in [6, 6.07) is 17.4. The minimum absolute atomic E-state index is 0.0640. The summed E-state index contributed by atoms with van der Waals surface area (Å²) in [5.74, 6) is -1.20. The average molecular weight is 529 g/mol. The third-order valence-electron chi connectivity index (χ3n) is 5.80. The van der Waals surface area contributed by atoms with Gasteiger partial charge in [-0.2, -0.15) is 13.2 Å². The summed E-state index contributed by atoms with van der Waals surface area (Å²) < 4.78 is 41.5. The van der Waals surface area contributed by atoms with E-state index in [9.17, 15) is 22.8 Å². The van der Waals surface area contributed by atoms with Crippen LogP contribution < -0.4 is 21.1 Å². The van der Waals surface area contributed by atoms with Crippen LogP contribution in [-0.4, -0.2) is 33.7 Å². The molecule has 1 atom stereocenters. The number of aromatic nitrogens is 3. The van der Waals surface area contributed by atoms with Crippen molar-refractivity contribution in [3.05, 3.63) is 83.8 Å². The lowest BCUT2D eigenvalue weighted by atomic mass is 10.1. The summed E-state index contributed by atoms with van der Waals surface area (Å²) in [6.07, 6.45) is -3.48. The van der Waals surface area contributed by atoms with Crippen molar-refractivity contribution in [2.24, 2.45) is 0 Å². The molecule has 4 aromatic rings. The van der Waals surface area contributed by atoms with Crippen molar-refractivity contribution in [3.8, 4) is 0 Å². The molecule has 2 aromatic heterocycles. The molecular weight excluding hydrogens is 501 g/mol. The van der Waals surface area contributed by atoms with Crippen LogP contribution in [0.15, 0.2) is 66.9 Å². The number of amides is 2. The molecule has 0 bridgehead atoms. The summed E-state index contributed by atoms with van der Waals surface area (Å²) in [6.45, 7) is 5.68. The Bertz CT molecular complexity index is 1390. The fraction of sp³-hybridized carbons (Fsp3) is 0.240. The molecule has 0 saturated heterocycles. The number of alkyl halides is 3. The summed E-state index contributed by atoms with van der Waals surface area (Å²) in [5, 5.41) is 16.3. The Kier molecular flexibility index (Phi) is 7.23. The maximum Gasteiger partial charge on any atom is 0.452 e. The number of benzene rings is 2. The van der Waals surface area contributed by atoms with E-state index < -0.39 is 26.3 Å². The molecule has 4 rings (SSSR count). The Hall–Kier alpha value is -3.90. The summed E-state index contributed by atoms with van der Waals surface area (Å²) in [5.41, 5.74) is 2.01. The highest BCUT2D eigenvalue weighted by Gasteiger charge is 2.37. The van der Waals surface area contributed by atoms with E-state index in [1.54, 1.807) is 0 Å². The van der Waals surface area contributed by atoms with E-state index in [-0.39, 0.29) is 23.9 Å². The Morgan fingerprint density at radius 1 is 1.08 bits per heavy atom. The van der Waals surface area contributed by atoms with Gasteiger partial charge in [0.25, 0.3) is 0 Å². The van der Waals surface area contributed by atoms with Gasteiger partial charge in [0.15, 0.2) is 5.65 Å². The molecule has 2 aromatic carbocycles. The van der Waals surface area contributed by atoms with Crippen molar-refractivity contribution < 1.29 is 22.8 Å². The number of hydrogen-bond acceptors (Lipinski definition) is 5. The van der Waals surface area contributed by atoms with E-state index in [2.05, 4.69) is 26.1 Å². The Morgan fingerprint density at radius 2 is 1.76 bits per heavy atom. The van der Waals surface area contributed by atoms with Gasteiger partial charge in [-0.1, -0.05) is 54.6 Å². The van der Waals surface area contributed by atoms with E-state index >= 15 is 0 Å². The van der Waals surface area contributed by atoms with E-state index in [0.717, 1.165) is 20.7 Å². The topological polar surface area (TPSA) is 104 Å². The molecule has 8 nitrogen and oxygen atoms in total. The second-order valence-electron chi connectivity index (χ2n) is 9.20. The van der Waals surface area contributed by atoms with Crippen LogP contribution in [0.5, 0.6) is 0 Å². The predicted molar refractivity (Wildman–Crippen MR) is 138 cm³/mol. The zero-order valence-electron chi connectivity index (χ0n) is 20.5. The molecule has 4 N–H and O–H groups in total. The Labute approximate surface area is 212 Å². The van der Waals surface area contributed by atoms with Crippen LogP contribution in [0.3, 0.4) is 0 Å². The van der Waals surface area contributed by atoms with Gasteiger partial charge in [0.2, 0.25) is 14.1 Å². The van der Waals surface area contributed by atoms with E-state index in [4.69, 9.17) is 0 Å². The van der Waals surface area contributed by atoms with Gasteiger partial charge in [-0.05, 0) is 42.4 Å². The first-order valence-electron chi connectivity index (χ1n) is 11.6. The van der Waals surface area contributed by atoms with E-state index in [1.165, 1.54) is 12.3 Å². The normalized spacial score (nSPS) is 12.8. The summed E-state index contributed by atoms with van der Waals surface area (Å²) >= 11 is 0. The van der Waals surface area contributed by atoms with Gasteiger partial charge in [0.1, 0.15) is 0 Å². The molecule has 0 spiro atoms. The highest BCUT2D eigenvalue weighted by molar-refractivity contribution is 6.83. The second kappa shape index (κ2) is 10.2. The number of pyridine rings is 1. The van der Waals surface area contributed by atoms with Crippen molar-refractivity contribution in [1.82, 2.24) is 19.9 Å². The molecule has 0 fully saturated rings. The zero-order chi connectivity index (χ0) is 26.8. The maximum atomic E-state index is 13.6. The second-order valence-corrected chi connectivity index (χ2v) is 12.9. The lowest BCUT2D eigenvalue weighted by molar-refractivity contribution is -0.145. The molecule has 0 saturated carbocycles. The fourth-order valence-electron chi connectivity index (χ4n) is 3.81. The Balaban J connectivity index is 1.56. The van der Waals surface area contributed by atoms with Crippen molar-refractivity contribution >= 4 is 36.6 Å². The first-order chi connectivity index (χ1) is 17.4. The minimum atomic E-state index is -4.74. The molecule has 0 aliphatic rings. The molecule has 2 amide bonds. The Morgan fingerprint density at radius 3 is 2.38 bits per heavy atom. The largest absolute Gasteiger partial charge is 0.452 e. The zero-order valence-corrected chi connectivity index (χ0v) is 21.5. The first kappa shape index (κ1) is 26.2. The average Bonchev–Trinajstić information content (AvgIpc) is 3.28. The van der Waals surface area contributed by atoms with Gasteiger partial charge >= 0.3 is 12.2 Å². The van der Waals surface area contributed by atoms with Gasteiger partial charge in [-0.15, -0.1) is 10.2 Å². The lowest BCUT2D eigenvalue weighted by Crippen LogP contribution is -2.41. The first-order valence-corrected chi connectivity index (χ1v) is 14.5. The molecule has 0 radical (unpaired) electrons. The number of halogens is 3. The summed E-state index contributed by atoms with van der Waals surface area (Å²) in [4.78, 5) is 22.9. The number of carbonyl (C=O) groups is 1. The van der Waals surface area contributed by atoms with Crippen LogP contribution >= 0.6 is 0 Å². The van der Waals surface area contributed by atoms with Crippen molar-refractivity contribution in [3.63, 3.8) is 0 Å². The summed E-state index contributed by atoms with van der Waals surface area (Å²) in [7, 11) is -2.43. The monoisotopic (exact) mass is 528 g/mol. The lowest BCUT2D eigenvalue weighted by Gasteiger charge is -2.18. The van der Waals surface area contributed by atoms with Crippen LogP contribution in [0.2, 0.25) is 13.1 Å². The fourth-order valence-corrected chi connectivity index (χ4v) is 4.79. The third-order valence-corrected chi connectivity index (χ3v) is 7.55. The number of rotatable bonds is 7. The molecule has 2 heterocycles. The number of anilines is 2. The van der Waals surface area contributed by atoms with Gasteiger partial charge in [-0.3, -0.25) is 4.40 Å². The molecule has 194 valence electrons. The van der Waals surface area contributed by atoms with Gasteiger partial charge in [0.05, 0.1) is 11.4 Å². The standard InChI is InChI=1S/C25H27F3N6O2Si/c1-16(18-7-5-4-6-8-18)30-19-13-21(22-32-33-23(25(26,27)28)34(22)15-19)31-24(35)29-14-17-9-11-20(12-10-17)37(2,3)36/h4-13,15-16,30,36H,14H2,1-3H3,(H2,29,31,35). The van der Waals surface area contributed by atoms with Crippen LogP contribution in [0, 0.1) is 0 Å². The third kappa shape index (κ3) is 6.27. The molecule has 0 aliphatic carbocycles. The maximum absolute atomic E-state index is 13.6. The number of carbonyl (C=O) groups excluding carboxylic acids is 1. The number of hydrogen-bond donors (Lipinski definition) is 4. The molecular formula is C25H27F3N6O2Si. The van der Waals surface area contributed by atoms with E-state index in [0.29, 0.717) is 5.69 Å². The van der Waals surface area contributed by atoms with Crippen LogP contribution in [0.4, 0.5) is 29.3 Å². The number of nitrogens with zero attached hydrogens (tertiary/aromatic N) is 3. The van der Waals surface area contributed by atoms with Crippen molar-refractivity contribution in [2.45, 2.75) is 38.8 Å². The number of fused-ring (bicyclic) bond motifs is 1. The SMILES string of the molecule is CC(Nc1cc(NC(=O)NCc2ccc([Si](C)(C)O)cc2)c2nnc(C(F)(F)F)n2c1)c1ccccc1. The van der Waals surface area contributed by atoms with Crippen molar-refractivity contribution in [1.29, 1.82) is 0 Å². The molecule has 0 aliphatic heterocycles. The van der Waals surface area contributed by atoms with Crippen LogP contribution in [0.25, 0.3) is 5.65 Å². The highest BCUT2D eigenvalue weighted by atomic mass is 28.4. The van der Waals surface area contributed by atoms with Gasteiger partial charge < -0.3 is 20.7 Å². The quantitative estimate of drug-likeness (QED) is 0.262. The molecule has 12 heteroatoms. The van der Waals surface area contributed by atoms with Crippen molar-refractivity contribution in [2.75, 3.05) is 10.6 Å². The van der Waals surface area contributed by atoms with Gasteiger partial charge in [0, 0.05) is 18.8 Å². The molecule has 1 unspecified atom stereocenters. The highest BCUT2D eigenvalue weighted by Crippen LogP contribution is 2.32. The van der Waals surface area contributed by atoms with Crippen LogP contribution in [-0.2, 0) is 12.7 Å². The van der Waals surface area contributed by atoms with E-state index in [1.807, 2.05) is 74.6 Å². The minimum Gasteiger partial charge on any atom is -0.428 e. The predicted octanol–water partition coefficient (Wildman–Crippen LogP) is 4.65. The number of urea groups is 1. The smallest absolute Gasteiger partial charge is 0.428 e.